The molecule has 0 saturated carbocycles. The number of ether oxygens (including phenoxy) is 1. The number of hydroxylamine groups is 2. The molecule has 1 aliphatic rings. The molecule has 0 aromatic heterocycles. The molecule has 2 rings (SSSR count). The van der Waals surface area contributed by atoms with Crippen LogP contribution in [0, 0.1) is 6.92 Å². The highest BCUT2D eigenvalue weighted by Gasteiger charge is 2.34. The van der Waals surface area contributed by atoms with E-state index in [-0.39, 0.29) is 17.7 Å². The van der Waals surface area contributed by atoms with E-state index in [4.69, 9.17) is 4.74 Å². The van der Waals surface area contributed by atoms with Gasteiger partial charge in [-0.05, 0) is 26.0 Å². The summed E-state index contributed by atoms with van der Waals surface area (Å²) < 4.78 is 29.3. The molecule has 0 aliphatic carbocycles. The average Bonchev–Trinajstić information content (AvgIpc) is 2.78. The predicted octanol–water partition coefficient (Wildman–Crippen LogP) is 1.37. The number of rotatable bonds is 5. The lowest BCUT2D eigenvalue weighted by Crippen LogP contribution is -2.34. The van der Waals surface area contributed by atoms with Gasteiger partial charge >= 0.3 is 6.16 Å². The van der Waals surface area contributed by atoms with Crippen LogP contribution in [0.1, 0.15) is 25.3 Å². The van der Waals surface area contributed by atoms with Crippen molar-refractivity contribution in [2.75, 3.05) is 5.75 Å². The lowest BCUT2D eigenvalue weighted by atomic mass is 10.2. The van der Waals surface area contributed by atoms with Crippen LogP contribution in [0.15, 0.2) is 29.2 Å². The number of carbonyl (C=O) groups is 3. The van der Waals surface area contributed by atoms with Crippen molar-refractivity contribution in [1.82, 2.24) is 5.06 Å². The molecule has 1 aliphatic heterocycles. The van der Waals surface area contributed by atoms with E-state index in [1.807, 2.05) is 6.92 Å². The Kier molecular flexibility index (Phi) is 5.23. The van der Waals surface area contributed by atoms with Crippen LogP contribution in [-0.4, -0.2) is 43.3 Å². The zero-order valence-corrected chi connectivity index (χ0v) is 14.0. The van der Waals surface area contributed by atoms with Crippen molar-refractivity contribution < 1.29 is 32.4 Å². The molecule has 1 fully saturated rings. The van der Waals surface area contributed by atoms with Gasteiger partial charge in [0.2, 0.25) is 0 Å². The number of aryl methyl sites for hydroxylation is 1. The smallest absolute Gasteiger partial charge is 0.429 e. The van der Waals surface area contributed by atoms with Gasteiger partial charge in [-0.25, -0.2) is 13.2 Å². The number of imide groups is 1. The molecule has 0 N–H and O–H groups in total. The number of sulfone groups is 1. The van der Waals surface area contributed by atoms with Crippen LogP contribution in [0.4, 0.5) is 4.79 Å². The van der Waals surface area contributed by atoms with Crippen molar-refractivity contribution in [3.8, 4) is 0 Å². The Balaban J connectivity index is 1.93. The largest absolute Gasteiger partial charge is 0.534 e. The Labute approximate surface area is 139 Å². The normalized spacial score (nSPS) is 16.2. The van der Waals surface area contributed by atoms with Gasteiger partial charge in [0, 0.05) is 12.8 Å². The summed E-state index contributed by atoms with van der Waals surface area (Å²) in [6, 6.07) is 6.27. The molecular formula is C15H17NO7S. The zero-order valence-electron chi connectivity index (χ0n) is 13.2. The van der Waals surface area contributed by atoms with E-state index in [1.165, 1.54) is 19.1 Å². The number of nitrogens with zero attached hydrogens (tertiary/aromatic N) is 1. The van der Waals surface area contributed by atoms with Crippen LogP contribution < -0.4 is 0 Å². The fourth-order valence-corrected chi connectivity index (χ4v) is 3.53. The number of carbonyl (C=O) groups excluding carboxylic acids is 3. The van der Waals surface area contributed by atoms with Gasteiger partial charge in [-0.3, -0.25) is 14.4 Å². The molecule has 0 spiro atoms. The molecule has 1 heterocycles. The molecular weight excluding hydrogens is 338 g/mol. The van der Waals surface area contributed by atoms with Crippen molar-refractivity contribution in [3.05, 3.63) is 29.8 Å². The molecule has 0 bridgehead atoms. The average molecular weight is 355 g/mol. The van der Waals surface area contributed by atoms with Crippen molar-refractivity contribution in [2.45, 2.75) is 37.7 Å². The Morgan fingerprint density at radius 2 is 1.71 bits per heavy atom. The van der Waals surface area contributed by atoms with Gasteiger partial charge < -0.3 is 4.74 Å². The van der Waals surface area contributed by atoms with Gasteiger partial charge in [0.1, 0.15) is 6.10 Å². The number of benzene rings is 1. The van der Waals surface area contributed by atoms with Crippen LogP contribution in [-0.2, 0) is 29.0 Å². The quantitative estimate of drug-likeness (QED) is 0.580. The molecule has 8 nitrogen and oxygen atoms in total. The number of hydrogen-bond acceptors (Lipinski definition) is 7. The lowest BCUT2D eigenvalue weighted by Gasteiger charge is -2.16. The van der Waals surface area contributed by atoms with Crippen molar-refractivity contribution in [2.24, 2.45) is 0 Å². The Morgan fingerprint density at radius 1 is 1.17 bits per heavy atom. The van der Waals surface area contributed by atoms with Gasteiger partial charge in [-0.1, -0.05) is 22.8 Å². The summed E-state index contributed by atoms with van der Waals surface area (Å²) in [5.41, 5.74) is 0.918. The van der Waals surface area contributed by atoms with E-state index in [1.54, 1.807) is 12.1 Å². The molecule has 1 saturated heterocycles. The van der Waals surface area contributed by atoms with E-state index in [2.05, 4.69) is 4.84 Å². The third kappa shape index (κ3) is 4.31. The first-order chi connectivity index (χ1) is 11.2. The molecule has 1 atom stereocenters. The maximum atomic E-state index is 12.2. The summed E-state index contributed by atoms with van der Waals surface area (Å²) in [6.07, 6.45) is -2.39. The standard InChI is InChI=1S/C15H17NO7S/c1-10-3-5-12(6-4-10)24(20,21)9-11(2)22-15(19)23-16-13(17)7-8-14(16)18/h3-6,11H,7-9H2,1-2H3. The van der Waals surface area contributed by atoms with Gasteiger partial charge in [-0.15, -0.1) is 0 Å². The summed E-state index contributed by atoms with van der Waals surface area (Å²) in [4.78, 5) is 38.9. The first-order valence-corrected chi connectivity index (χ1v) is 8.88. The highest BCUT2D eigenvalue weighted by atomic mass is 32.2. The summed E-state index contributed by atoms with van der Waals surface area (Å²) in [6.45, 7) is 3.21. The molecule has 1 aromatic rings. The fraction of sp³-hybridized carbons (Fsp3) is 0.400. The number of amides is 2. The Bertz CT molecular complexity index is 739. The van der Waals surface area contributed by atoms with Gasteiger partial charge in [0.05, 0.1) is 10.6 Å². The minimum Gasteiger partial charge on any atom is -0.429 e. The highest BCUT2D eigenvalue weighted by Crippen LogP contribution is 2.16. The molecule has 0 radical (unpaired) electrons. The van der Waals surface area contributed by atoms with Gasteiger partial charge in [0.25, 0.3) is 11.8 Å². The maximum Gasteiger partial charge on any atom is 0.534 e. The van der Waals surface area contributed by atoms with Crippen LogP contribution in [0.25, 0.3) is 0 Å². The monoisotopic (exact) mass is 355 g/mol. The number of hydrogen-bond donors (Lipinski definition) is 0. The van der Waals surface area contributed by atoms with Crippen LogP contribution in [0.3, 0.4) is 0 Å². The van der Waals surface area contributed by atoms with Gasteiger partial charge in [-0.2, -0.15) is 0 Å². The SMILES string of the molecule is Cc1ccc(S(=O)(=O)CC(C)OC(=O)ON2C(=O)CCC2=O)cc1. The van der Waals surface area contributed by atoms with Crippen LogP contribution in [0.2, 0.25) is 0 Å². The fourth-order valence-electron chi connectivity index (χ4n) is 2.10. The second kappa shape index (κ2) is 7.00. The first-order valence-electron chi connectivity index (χ1n) is 7.23. The molecule has 2 amide bonds. The topological polar surface area (TPSA) is 107 Å². The Morgan fingerprint density at radius 3 is 2.25 bits per heavy atom. The van der Waals surface area contributed by atoms with Gasteiger partial charge in [0.15, 0.2) is 9.84 Å². The van der Waals surface area contributed by atoms with Crippen molar-refractivity contribution in [3.63, 3.8) is 0 Å². The zero-order chi connectivity index (χ0) is 17.9. The molecule has 1 unspecified atom stereocenters. The highest BCUT2D eigenvalue weighted by molar-refractivity contribution is 7.91. The molecule has 1 aromatic carbocycles. The predicted molar refractivity (Wildman–Crippen MR) is 81.3 cm³/mol. The third-order valence-electron chi connectivity index (χ3n) is 3.30. The van der Waals surface area contributed by atoms with E-state index in [0.29, 0.717) is 5.06 Å². The summed E-state index contributed by atoms with van der Waals surface area (Å²) in [5.74, 6) is -1.73. The Hall–Kier alpha value is -2.42. The molecule has 130 valence electrons. The second-order valence-electron chi connectivity index (χ2n) is 5.45. The molecule has 9 heteroatoms. The molecule has 24 heavy (non-hydrogen) atoms. The first kappa shape index (κ1) is 17.9. The van der Waals surface area contributed by atoms with Crippen molar-refractivity contribution >= 4 is 27.8 Å². The van der Waals surface area contributed by atoms with Crippen LogP contribution >= 0.6 is 0 Å². The minimum absolute atomic E-state index is 0.0382. The van der Waals surface area contributed by atoms with E-state index >= 15 is 0 Å². The van der Waals surface area contributed by atoms with Crippen molar-refractivity contribution in [1.29, 1.82) is 0 Å². The van der Waals surface area contributed by atoms with E-state index in [9.17, 15) is 22.8 Å². The van der Waals surface area contributed by atoms with E-state index < -0.39 is 39.7 Å². The summed E-state index contributed by atoms with van der Waals surface area (Å²) in [7, 11) is -3.65. The van der Waals surface area contributed by atoms with E-state index in [0.717, 1.165) is 5.56 Å². The minimum atomic E-state index is -3.65. The second-order valence-corrected chi connectivity index (χ2v) is 7.48. The lowest BCUT2D eigenvalue weighted by molar-refractivity contribution is -0.178. The maximum absolute atomic E-state index is 12.2. The summed E-state index contributed by atoms with van der Waals surface area (Å²) in [5, 5.41) is 0.337. The summed E-state index contributed by atoms with van der Waals surface area (Å²) >= 11 is 0. The third-order valence-corrected chi connectivity index (χ3v) is 5.20. The van der Waals surface area contributed by atoms with Crippen LogP contribution in [0.5, 0.6) is 0 Å².